The molecule has 0 bridgehead atoms. The van der Waals surface area contributed by atoms with Gasteiger partial charge >= 0.3 is 5.97 Å². The molecule has 0 aliphatic heterocycles. The zero-order valence-corrected chi connectivity index (χ0v) is 9.66. The number of amides is 1. The van der Waals surface area contributed by atoms with Crippen LogP contribution in [0.4, 0.5) is 4.39 Å². The summed E-state index contributed by atoms with van der Waals surface area (Å²) < 4.78 is 12.9. The lowest BCUT2D eigenvalue weighted by molar-refractivity contribution is -0.138. The number of aliphatic carboxylic acids is 1. The molecule has 0 unspecified atom stereocenters. The first-order valence-corrected chi connectivity index (χ1v) is 5.10. The molecule has 0 aliphatic carbocycles. The van der Waals surface area contributed by atoms with Gasteiger partial charge in [0.25, 0.3) is 5.91 Å². The van der Waals surface area contributed by atoms with E-state index in [1.807, 2.05) is 0 Å². The standard InChI is InChI=1S/C12H14FNO3/c1-12(2,7-10(15)16)14-11(17)8-4-3-5-9(13)6-8/h3-6H,7H2,1-2H3,(H,14,17)(H,15,16). The molecule has 0 atom stereocenters. The first kappa shape index (κ1) is 13.2. The third-order valence-corrected chi connectivity index (χ3v) is 2.13. The number of hydrogen-bond acceptors (Lipinski definition) is 2. The van der Waals surface area contributed by atoms with Crippen LogP contribution in [0.2, 0.25) is 0 Å². The van der Waals surface area contributed by atoms with Crippen LogP contribution in [0.25, 0.3) is 0 Å². The zero-order chi connectivity index (χ0) is 13.1. The lowest BCUT2D eigenvalue weighted by Gasteiger charge is -2.24. The van der Waals surface area contributed by atoms with Crippen molar-refractivity contribution >= 4 is 11.9 Å². The van der Waals surface area contributed by atoms with Gasteiger partial charge in [-0.1, -0.05) is 6.07 Å². The largest absolute Gasteiger partial charge is 0.481 e. The second-order valence-corrected chi connectivity index (χ2v) is 4.42. The number of hydrogen-bond donors (Lipinski definition) is 2. The van der Waals surface area contributed by atoms with Crippen molar-refractivity contribution in [2.75, 3.05) is 0 Å². The first-order chi connectivity index (χ1) is 7.80. The van der Waals surface area contributed by atoms with Gasteiger partial charge in [0.2, 0.25) is 0 Å². The molecule has 1 amide bonds. The van der Waals surface area contributed by atoms with E-state index in [1.165, 1.54) is 18.2 Å². The topological polar surface area (TPSA) is 66.4 Å². The summed E-state index contributed by atoms with van der Waals surface area (Å²) >= 11 is 0. The minimum Gasteiger partial charge on any atom is -0.481 e. The van der Waals surface area contributed by atoms with Gasteiger partial charge in [0.05, 0.1) is 6.42 Å². The second kappa shape index (κ2) is 4.95. The van der Waals surface area contributed by atoms with E-state index in [9.17, 15) is 14.0 Å². The van der Waals surface area contributed by atoms with Gasteiger partial charge in [-0.15, -0.1) is 0 Å². The number of carboxylic acid groups (broad SMARTS) is 1. The number of carbonyl (C=O) groups is 2. The van der Waals surface area contributed by atoms with E-state index in [4.69, 9.17) is 5.11 Å². The Bertz CT molecular complexity index is 443. The molecule has 0 heterocycles. The molecule has 4 nitrogen and oxygen atoms in total. The molecule has 0 saturated heterocycles. The average molecular weight is 239 g/mol. The number of carboxylic acids is 1. The fourth-order valence-electron chi connectivity index (χ4n) is 1.43. The molecule has 0 fully saturated rings. The van der Waals surface area contributed by atoms with Gasteiger partial charge in [-0.3, -0.25) is 9.59 Å². The van der Waals surface area contributed by atoms with E-state index >= 15 is 0 Å². The molecule has 5 heteroatoms. The highest BCUT2D eigenvalue weighted by Crippen LogP contribution is 2.11. The smallest absolute Gasteiger partial charge is 0.305 e. The summed E-state index contributed by atoms with van der Waals surface area (Å²) in [5.41, 5.74) is -0.710. The summed E-state index contributed by atoms with van der Waals surface area (Å²) in [4.78, 5) is 22.3. The Hall–Kier alpha value is -1.91. The lowest BCUT2D eigenvalue weighted by atomic mass is 10.00. The van der Waals surface area contributed by atoms with Crippen LogP contribution >= 0.6 is 0 Å². The van der Waals surface area contributed by atoms with Gasteiger partial charge in [0, 0.05) is 11.1 Å². The Balaban J connectivity index is 2.75. The molecule has 1 rings (SSSR count). The van der Waals surface area contributed by atoms with Crippen molar-refractivity contribution in [1.82, 2.24) is 5.32 Å². The van der Waals surface area contributed by atoms with Crippen molar-refractivity contribution in [2.24, 2.45) is 0 Å². The summed E-state index contributed by atoms with van der Waals surface area (Å²) in [5.74, 6) is -2.00. The summed E-state index contributed by atoms with van der Waals surface area (Å²) in [6.07, 6.45) is -0.200. The van der Waals surface area contributed by atoms with Crippen molar-refractivity contribution in [3.05, 3.63) is 35.6 Å². The molecule has 0 radical (unpaired) electrons. The fraction of sp³-hybridized carbons (Fsp3) is 0.333. The van der Waals surface area contributed by atoms with Gasteiger partial charge in [0.15, 0.2) is 0 Å². The normalized spacial score (nSPS) is 11.0. The molecular weight excluding hydrogens is 225 g/mol. The number of halogens is 1. The van der Waals surface area contributed by atoms with Crippen molar-refractivity contribution < 1.29 is 19.1 Å². The number of rotatable bonds is 4. The highest BCUT2D eigenvalue weighted by atomic mass is 19.1. The zero-order valence-electron chi connectivity index (χ0n) is 9.66. The van der Waals surface area contributed by atoms with Crippen LogP contribution in [0, 0.1) is 5.82 Å². The summed E-state index contributed by atoms with van der Waals surface area (Å²) in [7, 11) is 0. The van der Waals surface area contributed by atoms with Crippen LogP contribution in [0.15, 0.2) is 24.3 Å². The fourth-order valence-corrected chi connectivity index (χ4v) is 1.43. The Morgan fingerprint density at radius 3 is 2.59 bits per heavy atom. The maximum Gasteiger partial charge on any atom is 0.305 e. The molecule has 0 aliphatic rings. The van der Waals surface area contributed by atoms with Crippen LogP contribution in [-0.4, -0.2) is 22.5 Å². The van der Waals surface area contributed by atoms with Crippen LogP contribution in [-0.2, 0) is 4.79 Å². The molecule has 0 spiro atoms. The lowest BCUT2D eigenvalue weighted by Crippen LogP contribution is -2.44. The number of carbonyl (C=O) groups excluding carboxylic acids is 1. The van der Waals surface area contributed by atoms with Crippen LogP contribution < -0.4 is 5.32 Å². The molecule has 92 valence electrons. The second-order valence-electron chi connectivity index (χ2n) is 4.42. The maximum absolute atomic E-state index is 12.9. The highest BCUT2D eigenvalue weighted by Gasteiger charge is 2.24. The monoisotopic (exact) mass is 239 g/mol. The van der Waals surface area contributed by atoms with E-state index in [-0.39, 0.29) is 12.0 Å². The first-order valence-electron chi connectivity index (χ1n) is 5.10. The average Bonchev–Trinajstić information content (AvgIpc) is 2.14. The SMILES string of the molecule is CC(C)(CC(=O)O)NC(=O)c1cccc(F)c1. The van der Waals surface area contributed by atoms with E-state index < -0.39 is 23.2 Å². The van der Waals surface area contributed by atoms with E-state index in [0.29, 0.717) is 0 Å². The van der Waals surface area contributed by atoms with Crippen LogP contribution in [0.1, 0.15) is 30.6 Å². The Morgan fingerprint density at radius 1 is 1.41 bits per heavy atom. The summed E-state index contributed by atoms with van der Waals surface area (Å²) in [5, 5.41) is 11.2. The van der Waals surface area contributed by atoms with Crippen molar-refractivity contribution in [1.29, 1.82) is 0 Å². The predicted octanol–water partition coefficient (Wildman–Crippen LogP) is 1.81. The molecule has 17 heavy (non-hydrogen) atoms. The third-order valence-electron chi connectivity index (χ3n) is 2.13. The molecule has 2 N–H and O–H groups in total. The van der Waals surface area contributed by atoms with Gasteiger partial charge in [-0.2, -0.15) is 0 Å². The highest BCUT2D eigenvalue weighted by molar-refractivity contribution is 5.94. The molecule has 1 aromatic rings. The van der Waals surface area contributed by atoms with Crippen molar-refractivity contribution in [3.63, 3.8) is 0 Å². The number of nitrogens with one attached hydrogen (secondary N) is 1. The van der Waals surface area contributed by atoms with E-state index in [2.05, 4.69) is 5.32 Å². The van der Waals surface area contributed by atoms with Gasteiger partial charge < -0.3 is 10.4 Å². The van der Waals surface area contributed by atoms with Crippen molar-refractivity contribution in [3.8, 4) is 0 Å². The van der Waals surface area contributed by atoms with Crippen molar-refractivity contribution in [2.45, 2.75) is 25.8 Å². The minimum absolute atomic E-state index is 0.170. The van der Waals surface area contributed by atoms with Gasteiger partial charge in [-0.25, -0.2) is 4.39 Å². The quantitative estimate of drug-likeness (QED) is 0.842. The summed E-state index contributed by atoms with van der Waals surface area (Å²) in [6, 6.07) is 5.23. The Labute approximate surface area is 98.5 Å². The molecular formula is C12H14FNO3. The van der Waals surface area contributed by atoms with Crippen LogP contribution in [0.3, 0.4) is 0 Å². The van der Waals surface area contributed by atoms with Crippen LogP contribution in [0.5, 0.6) is 0 Å². The van der Waals surface area contributed by atoms with Gasteiger partial charge in [0.1, 0.15) is 5.82 Å². The Morgan fingerprint density at radius 2 is 2.06 bits per heavy atom. The number of benzene rings is 1. The van der Waals surface area contributed by atoms with E-state index in [1.54, 1.807) is 13.8 Å². The molecule has 0 aromatic heterocycles. The minimum atomic E-state index is -1.01. The molecule has 0 saturated carbocycles. The molecule has 1 aromatic carbocycles. The maximum atomic E-state index is 12.9. The predicted molar refractivity (Wildman–Crippen MR) is 60.2 cm³/mol. The Kier molecular flexibility index (Phi) is 3.83. The summed E-state index contributed by atoms with van der Waals surface area (Å²) in [6.45, 7) is 3.19. The van der Waals surface area contributed by atoms with E-state index in [0.717, 1.165) is 6.07 Å². The van der Waals surface area contributed by atoms with Gasteiger partial charge in [-0.05, 0) is 32.0 Å². The third kappa shape index (κ3) is 4.22.